The number of carbonyl (C=O) groups is 1. The molecule has 0 saturated heterocycles. The largest absolute Gasteiger partial charge is 0.487 e. The normalized spacial score (nSPS) is 14.7. The minimum Gasteiger partial charge on any atom is -0.487 e. The van der Waals surface area contributed by atoms with E-state index in [0.717, 1.165) is 12.7 Å². The van der Waals surface area contributed by atoms with E-state index in [4.69, 9.17) is 9.47 Å². The van der Waals surface area contributed by atoms with Gasteiger partial charge >= 0.3 is 5.97 Å². The van der Waals surface area contributed by atoms with Gasteiger partial charge in [0.25, 0.3) is 5.56 Å². The molecule has 0 aliphatic carbocycles. The van der Waals surface area contributed by atoms with Gasteiger partial charge < -0.3 is 9.47 Å². The fourth-order valence-electron chi connectivity index (χ4n) is 4.64. The average Bonchev–Trinajstić information content (AvgIpc) is 3.26. The molecule has 0 spiro atoms. The molecule has 0 saturated carbocycles. The fraction of sp³-hybridized carbons (Fsp3) is 0.161. The molecule has 0 amide bonds. The van der Waals surface area contributed by atoms with Crippen molar-refractivity contribution in [2.75, 3.05) is 6.61 Å². The lowest BCUT2D eigenvalue weighted by molar-refractivity contribution is -0.139. The summed E-state index contributed by atoms with van der Waals surface area (Å²) in [6.45, 7) is 3.74. The number of benzene rings is 3. The number of halogens is 3. The number of nitrogens with zero attached hydrogens (tertiary/aromatic N) is 3. The van der Waals surface area contributed by atoms with Crippen LogP contribution in [0.2, 0.25) is 0 Å². The summed E-state index contributed by atoms with van der Waals surface area (Å²) >= 11 is 5.60. The predicted molar refractivity (Wildman–Crippen MR) is 174 cm³/mol. The van der Waals surface area contributed by atoms with Crippen LogP contribution in [-0.4, -0.2) is 17.1 Å². The first kappa shape index (κ1) is 30.1. The van der Waals surface area contributed by atoms with Gasteiger partial charge in [-0.2, -0.15) is 5.26 Å². The Kier molecular flexibility index (Phi) is 9.24. The van der Waals surface area contributed by atoms with Gasteiger partial charge in [0.15, 0.2) is 4.80 Å². The molecule has 42 heavy (non-hydrogen) atoms. The number of esters is 1. The summed E-state index contributed by atoms with van der Waals surface area (Å²) in [4.78, 5) is 32.1. The lowest BCUT2D eigenvalue weighted by atomic mass is 9.96. The summed E-state index contributed by atoms with van der Waals surface area (Å²) < 4.78 is 29.0. The molecular weight excluding hydrogens is 783 g/mol. The maximum atomic E-state index is 14.0. The van der Waals surface area contributed by atoms with Crippen molar-refractivity contribution in [2.24, 2.45) is 4.99 Å². The van der Waals surface area contributed by atoms with Crippen molar-refractivity contribution in [3.8, 4) is 11.8 Å². The zero-order valence-corrected chi connectivity index (χ0v) is 27.5. The molecule has 11 heteroatoms. The first-order valence-electron chi connectivity index (χ1n) is 12.8. The van der Waals surface area contributed by atoms with E-state index in [9.17, 15) is 19.2 Å². The Balaban J connectivity index is 1.65. The second kappa shape index (κ2) is 12.9. The lowest BCUT2D eigenvalue weighted by Crippen LogP contribution is -2.39. The third-order valence-corrected chi connectivity index (χ3v) is 8.94. The van der Waals surface area contributed by atoms with Crippen LogP contribution in [0, 0.1) is 24.3 Å². The number of rotatable bonds is 7. The van der Waals surface area contributed by atoms with Gasteiger partial charge in [-0.1, -0.05) is 41.7 Å². The van der Waals surface area contributed by atoms with E-state index < -0.39 is 17.8 Å². The number of aromatic nitrogens is 1. The number of hydrogen-bond acceptors (Lipinski definition) is 7. The molecule has 0 unspecified atom stereocenters. The van der Waals surface area contributed by atoms with Crippen molar-refractivity contribution in [1.29, 1.82) is 5.26 Å². The van der Waals surface area contributed by atoms with E-state index in [-0.39, 0.29) is 24.3 Å². The van der Waals surface area contributed by atoms with Gasteiger partial charge in [-0.3, -0.25) is 9.36 Å². The number of nitriles is 1. The highest BCUT2D eigenvalue weighted by molar-refractivity contribution is 14.1. The van der Waals surface area contributed by atoms with Gasteiger partial charge in [0.1, 0.15) is 18.2 Å². The smallest absolute Gasteiger partial charge is 0.338 e. The first-order valence-corrected chi connectivity index (χ1v) is 15.7. The van der Waals surface area contributed by atoms with Crippen molar-refractivity contribution >= 4 is 68.6 Å². The van der Waals surface area contributed by atoms with E-state index in [0.29, 0.717) is 37.5 Å². The molecule has 5 rings (SSSR count). The van der Waals surface area contributed by atoms with E-state index in [2.05, 4.69) is 56.2 Å². The van der Waals surface area contributed by atoms with E-state index in [1.165, 1.54) is 28.0 Å². The minimum absolute atomic E-state index is 0.156. The maximum Gasteiger partial charge on any atom is 0.338 e. The third kappa shape index (κ3) is 6.06. The van der Waals surface area contributed by atoms with Gasteiger partial charge in [-0.25, -0.2) is 14.2 Å². The van der Waals surface area contributed by atoms with Crippen LogP contribution in [0.4, 0.5) is 4.39 Å². The van der Waals surface area contributed by atoms with Gasteiger partial charge in [0, 0.05) is 14.7 Å². The Bertz CT molecular complexity index is 1960. The minimum atomic E-state index is -0.836. The molecule has 0 N–H and O–H groups in total. The molecule has 212 valence electrons. The van der Waals surface area contributed by atoms with Crippen molar-refractivity contribution in [3.05, 3.63) is 127 Å². The molecule has 0 bridgehead atoms. The SMILES string of the molecule is CCOC(=O)C1=C(C)N=c2s/c(=C\c3cc(I)cc(I)c3OCc3ccccc3C#N)c(=O)n2[C@H]1c1ccc(F)cc1. The van der Waals surface area contributed by atoms with Gasteiger partial charge in [0.05, 0.1) is 43.7 Å². The fourth-order valence-corrected chi connectivity index (χ4v) is 7.72. The second-order valence-electron chi connectivity index (χ2n) is 9.22. The highest BCUT2D eigenvalue weighted by Crippen LogP contribution is 2.32. The standard InChI is InChI=1S/C31H22FI2N3O4S/c1-3-40-30(39)26-17(2)36-31-37(27(26)18-8-10-22(32)11-9-18)29(38)25(42-31)13-21-12-23(33)14-24(34)28(21)41-16-20-7-5-4-6-19(20)15-35/h4-14,27H,3,16H2,1-2H3/b25-13-/t27-/m0/s1. The summed E-state index contributed by atoms with van der Waals surface area (Å²) in [7, 11) is 0. The van der Waals surface area contributed by atoms with Gasteiger partial charge in [0.2, 0.25) is 0 Å². The van der Waals surface area contributed by atoms with Gasteiger partial charge in [-0.05, 0) is 101 Å². The molecule has 1 atom stereocenters. The highest BCUT2D eigenvalue weighted by atomic mass is 127. The second-order valence-corrected chi connectivity index (χ2v) is 12.6. The summed E-state index contributed by atoms with van der Waals surface area (Å²) in [6, 6.07) is 18.2. The third-order valence-electron chi connectivity index (χ3n) is 6.54. The molecule has 7 nitrogen and oxygen atoms in total. The van der Waals surface area contributed by atoms with Crippen LogP contribution in [0.15, 0.2) is 81.7 Å². The Morgan fingerprint density at radius 3 is 2.64 bits per heavy atom. The topological polar surface area (TPSA) is 93.7 Å². The summed E-state index contributed by atoms with van der Waals surface area (Å²) in [5.41, 5.74) is 2.83. The van der Waals surface area contributed by atoms with Crippen LogP contribution in [0.3, 0.4) is 0 Å². The quantitative estimate of drug-likeness (QED) is 0.179. The van der Waals surface area contributed by atoms with E-state index in [1.54, 1.807) is 44.2 Å². The van der Waals surface area contributed by atoms with Crippen molar-refractivity contribution in [2.45, 2.75) is 26.5 Å². The Hall–Kier alpha value is -3.35. The molecule has 1 aliphatic heterocycles. The number of carbonyl (C=O) groups excluding carboxylic acids is 1. The van der Waals surface area contributed by atoms with Crippen LogP contribution in [0.1, 0.15) is 42.1 Å². The van der Waals surface area contributed by atoms with Crippen molar-refractivity contribution < 1.29 is 18.7 Å². The Morgan fingerprint density at radius 2 is 1.93 bits per heavy atom. The monoisotopic (exact) mass is 805 g/mol. The van der Waals surface area contributed by atoms with Crippen LogP contribution in [-0.2, 0) is 16.1 Å². The lowest BCUT2D eigenvalue weighted by Gasteiger charge is -2.24. The van der Waals surface area contributed by atoms with Crippen molar-refractivity contribution in [3.63, 3.8) is 0 Å². The van der Waals surface area contributed by atoms with Crippen LogP contribution in [0.5, 0.6) is 5.75 Å². The summed E-state index contributed by atoms with van der Waals surface area (Å²) in [5, 5.41) is 9.48. The number of fused-ring (bicyclic) bond motifs is 1. The number of allylic oxidation sites excluding steroid dienone is 1. The molecular formula is C31H22FI2N3O4S. The van der Waals surface area contributed by atoms with Crippen LogP contribution < -0.4 is 19.6 Å². The first-order chi connectivity index (χ1) is 20.2. The van der Waals surface area contributed by atoms with Crippen LogP contribution >= 0.6 is 56.5 Å². The highest BCUT2D eigenvalue weighted by Gasteiger charge is 2.33. The van der Waals surface area contributed by atoms with E-state index >= 15 is 0 Å². The zero-order chi connectivity index (χ0) is 30.0. The number of thiazole rings is 1. The number of ether oxygens (including phenoxy) is 2. The molecule has 0 fully saturated rings. The molecule has 4 aromatic rings. The number of hydrogen-bond donors (Lipinski definition) is 0. The Labute approximate surface area is 271 Å². The van der Waals surface area contributed by atoms with Crippen LogP contribution in [0.25, 0.3) is 6.08 Å². The molecule has 0 radical (unpaired) electrons. The Morgan fingerprint density at radius 1 is 1.19 bits per heavy atom. The van der Waals surface area contributed by atoms with E-state index in [1.807, 2.05) is 24.3 Å². The van der Waals surface area contributed by atoms with Gasteiger partial charge in [-0.15, -0.1) is 0 Å². The zero-order valence-electron chi connectivity index (χ0n) is 22.4. The summed E-state index contributed by atoms with van der Waals surface area (Å²) in [6.07, 6.45) is 1.75. The molecule has 3 aromatic carbocycles. The maximum absolute atomic E-state index is 14.0. The predicted octanol–water partition coefficient (Wildman–Crippen LogP) is 5.60. The van der Waals surface area contributed by atoms with Crippen molar-refractivity contribution in [1.82, 2.24) is 4.57 Å². The summed E-state index contributed by atoms with van der Waals surface area (Å²) in [5.74, 6) is -0.432. The molecule has 1 aliphatic rings. The average molecular weight is 805 g/mol. The molecule has 2 heterocycles. The molecule has 1 aromatic heterocycles.